The molecule has 1 fully saturated rings. The lowest BCUT2D eigenvalue weighted by Crippen LogP contribution is -2.35. The van der Waals surface area contributed by atoms with Gasteiger partial charge >= 0.3 is 6.18 Å². The molecule has 8 heteroatoms. The average molecular weight is 252 g/mol. The van der Waals surface area contributed by atoms with Crippen molar-refractivity contribution in [3.63, 3.8) is 0 Å². The van der Waals surface area contributed by atoms with Crippen LogP contribution in [0.4, 0.5) is 18.2 Å². The molecule has 0 spiro atoms. The minimum Gasteiger partial charge on any atom is -0.388 e. The van der Waals surface area contributed by atoms with Crippen molar-refractivity contribution in [1.82, 2.24) is 14.5 Å². The summed E-state index contributed by atoms with van der Waals surface area (Å²) in [4.78, 5) is 1.37. The Hall–Kier alpha value is -0.890. The van der Waals surface area contributed by atoms with Gasteiger partial charge in [-0.15, -0.1) is 5.10 Å². The molecule has 1 aliphatic rings. The van der Waals surface area contributed by atoms with Crippen molar-refractivity contribution in [1.29, 1.82) is 0 Å². The molecule has 2 N–H and O–H groups in total. The maximum Gasteiger partial charge on any atom is 0.401 e. The summed E-state index contributed by atoms with van der Waals surface area (Å²) in [6.07, 6.45) is -2.55. The highest BCUT2D eigenvalue weighted by atomic mass is 32.1. The molecule has 0 aromatic carbocycles. The van der Waals surface area contributed by atoms with E-state index in [2.05, 4.69) is 9.59 Å². The third-order valence-electron chi connectivity index (χ3n) is 2.38. The van der Waals surface area contributed by atoms with E-state index >= 15 is 0 Å². The van der Waals surface area contributed by atoms with E-state index in [0.29, 0.717) is 10.7 Å². The molecular weight excluding hydrogens is 241 g/mol. The van der Waals surface area contributed by atoms with Gasteiger partial charge in [-0.25, -0.2) is 0 Å². The fourth-order valence-electron chi connectivity index (χ4n) is 1.50. The standard InChI is InChI=1S/C8H11F3N4S/c9-8(10,11)4-15(5-1-2-5)3-6-7(12)16-14-13-6/h5H,1-4,12H2. The van der Waals surface area contributed by atoms with Crippen LogP contribution in [-0.4, -0.2) is 33.2 Å². The lowest BCUT2D eigenvalue weighted by atomic mass is 10.3. The van der Waals surface area contributed by atoms with Crippen molar-refractivity contribution < 1.29 is 13.2 Å². The zero-order valence-corrected chi connectivity index (χ0v) is 9.18. The van der Waals surface area contributed by atoms with Gasteiger partial charge in [0.1, 0.15) is 10.7 Å². The number of rotatable bonds is 4. The second-order valence-electron chi connectivity index (χ2n) is 3.84. The second kappa shape index (κ2) is 4.17. The summed E-state index contributed by atoms with van der Waals surface area (Å²) < 4.78 is 40.6. The van der Waals surface area contributed by atoms with Crippen molar-refractivity contribution in [3.8, 4) is 0 Å². The van der Waals surface area contributed by atoms with Crippen LogP contribution in [0, 0.1) is 0 Å². The summed E-state index contributed by atoms with van der Waals surface area (Å²) >= 11 is 1.01. The Bertz CT molecular complexity index is 360. The molecule has 2 rings (SSSR count). The number of anilines is 1. The molecule has 1 aliphatic carbocycles. The highest BCUT2D eigenvalue weighted by molar-refractivity contribution is 7.09. The van der Waals surface area contributed by atoms with Gasteiger partial charge in [0.05, 0.1) is 6.54 Å². The number of nitrogen functional groups attached to an aromatic ring is 1. The molecule has 0 saturated heterocycles. The number of aromatic nitrogens is 2. The van der Waals surface area contributed by atoms with Crippen LogP contribution >= 0.6 is 11.5 Å². The second-order valence-corrected chi connectivity index (χ2v) is 4.62. The first-order valence-corrected chi connectivity index (χ1v) is 5.60. The topological polar surface area (TPSA) is 55.0 Å². The summed E-state index contributed by atoms with van der Waals surface area (Å²) in [7, 11) is 0. The molecule has 90 valence electrons. The Morgan fingerprint density at radius 2 is 2.12 bits per heavy atom. The van der Waals surface area contributed by atoms with Crippen LogP contribution in [0.5, 0.6) is 0 Å². The zero-order valence-electron chi connectivity index (χ0n) is 8.37. The van der Waals surface area contributed by atoms with Crippen LogP contribution in [0.25, 0.3) is 0 Å². The molecule has 0 amide bonds. The van der Waals surface area contributed by atoms with Crippen LogP contribution in [0.15, 0.2) is 0 Å². The lowest BCUT2D eigenvalue weighted by molar-refractivity contribution is -0.148. The van der Waals surface area contributed by atoms with E-state index in [4.69, 9.17) is 5.73 Å². The molecule has 0 radical (unpaired) electrons. The van der Waals surface area contributed by atoms with Crippen molar-refractivity contribution in [2.45, 2.75) is 31.6 Å². The van der Waals surface area contributed by atoms with Gasteiger partial charge in [-0.2, -0.15) is 13.2 Å². The largest absolute Gasteiger partial charge is 0.401 e. The van der Waals surface area contributed by atoms with Crippen molar-refractivity contribution in [2.24, 2.45) is 0 Å². The van der Waals surface area contributed by atoms with E-state index in [1.807, 2.05) is 0 Å². The first-order chi connectivity index (χ1) is 7.46. The van der Waals surface area contributed by atoms with Crippen molar-refractivity contribution >= 4 is 16.5 Å². The van der Waals surface area contributed by atoms with Gasteiger partial charge in [0.15, 0.2) is 0 Å². The molecule has 0 unspecified atom stereocenters. The number of nitrogens with two attached hydrogens (primary N) is 1. The number of halogens is 3. The van der Waals surface area contributed by atoms with Crippen LogP contribution < -0.4 is 5.73 Å². The normalized spacial score (nSPS) is 17.0. The highest BCUT2D eigenvalue weighted by Gasteiger charge is 2.38. The fraction of sp³-hybridized carbons (Fsp3) is 0.750. The first-order valence-electron chi connectivity index (χ1n) is 4.83. The fourth-order valence-corrected chi connectivity index (χ4v) is 1.94. The zero-order chi connectivity index (χ0) is 11.8. The molecule has 1 aromatic rings. The summed E-state index contributed by atoms with van der Waals surface area (Å²) in [5, 5.41) is 4.13. The molecule has 1 saturated carbocycles. The van der Waals surface area contributed by atoms with Gasteiger partial charge in [-0.3, -0.25) is 4.90 Å². The highest BCUT2D eigenvalue weighted by Crippen LogP contribution is 2.32. The van der Waals surface area contributed by atoms with Crippen LogP contribution in [0.1, 0.15) is 18.5 Å². The monoisotopic (exact) mass is 252 g/mol. The van der Waals surface area contributed by atoms with E-state index in [1.165, 1.54) is 4.90 Å². The Labute approximate surface area is 94.4 Å². The number of hydrogen-bond donors (Lipinski definition) is 1. The Kier molecular flexibility index (Phi) is 3.02. The Morgan fingerprint density at radius 1 is 1.44 bits per heavy atom. The minimum atomic E-state index is -4.18. The Morgan fingerprint density at radius 3 is 2.56 bits per heavy atom. The summed E-state index contributed by atoms with van der Waals surface area (Å²) in [6, 6.07) is 0.0164. The molecule has 0 bridgehead atoms. The molecule has 1 heterocycles. The molecular formula is C8H11F3N4S. The summed E-state index contributed by atoms with van der Waals surface area (Å²) in [5.74, 6) is 0. The maximum atomic E-state index is 12.3. The van der Waals surface area contributed by atoms with E-state index in [1.54, 1.807) is 0 Å². The predicted molar refractivity (Wildman–Crippen MR) is 53.8 cm³/mol. The van der Waals surface area contributed by atoms with Crippen LogP contribution in [-0.2, 0) is 6.54 Å². The number of nitrogens with zero attached hydrogens (tertiary/aromatic N) is 3. The SMILES string of the molecule is Nc1snnc1CN(CC(F)(F)F)C1CC1. The van der Waals surface area contributed by atoms with E-state index in [-0.39, 0.29) is 12.6 Å². The van der Waals surface area contributed by atoms with Gasteiger partial charge < -0.3 is 5.73 Å². The van der Waals surface area contributed by atoms with Crippen molar-refractivity contribution in [2.75, 3.05) is 12.3 Å². The van der Waals surface area contributed by atoms with Crippen LogP contribution in [0.2, 0.25) is 0 Å². The third kappa shape index (κ3) is 3.05. The van der Waals surface area contributed by atoms with Gasteiger partial charge in [-0.05, 0) is 12.8 Å². The van der Waals surface area contributed by atoms with Crippen LogP contribution in [0.3, 0.4) is 0 Å². The quantitative estimate of drug-likeness (QED) is 0.885. The number of hydrogen-bond acceptors (Lipinski definition) is 5. The predicted octanol–water partition coefficient (Wildman–Crippen LogP) is 1.65. The summed E-state index contributed by atoms with van der Waals surface area (Å²) in [5.41, 5.74) is 6.00. The maximum absolute atomic E-state index is 12.3. The Balaban J connectivity index is 2.01. The molecule has 4 nitrogen and oxygen atoms in total. The van der Waals surface area contributed by atoms with Gasteiger partial charge in [0.2, 0.25) is 0 Å². The molecule has 0 atom stereocenters. The number of alkyl halides is 3. The van der Waals surface area contributed by atoms with Gasteiger partial charge in [0.25, 0.3) is 0 Å². The van der Waals surface area contributed by atoms with Gasteiger partial charge in [-0.1, -0.05) is 4.49 Å². The molecule has 16 heavy (non-hydrogen) atoms. The third-order valence-corrected chi connectivity index (χ3v) is 2.98. The van der Waals surface area contributed by atoms with Crippen molar-refractivity contribution in [3.05, 3.63) is 5.69 Å². The average Bonchev–Trinajstić information content (AvgIpc) is 2.90. The smallest absolute Gasteiger partial charge is 0.388 e. The van der Waals surface area contributed by atoms with Gasteiger partial charge in [0, 0.05) is 24.1 Å². The minimum absolute atomic E-state index is 0.0164. The lowest BCUT2D eigenvalue weighted by Gasteiger charge is -2.22. The first kappa shape index (κ1) is 11.6. The van der Waals surface area contributed by atoms with E-state index in [9.17, 15) is 13.2 Å². The van der Waals surface area contributed by atoms with E-state index in [0.717, 1.165) is 24.4 Å². The molecule has 0 aliphatic heterocycles. The molecule has 1 aromatic heterocycles. The van der Waals surface area contributed by atoms with E-state index < -0.39 is 12.7 Å². The summed E-state index contributed by atoms with van der Waals surface area (Å²) in [6.45, 7) is -0.777.